The van der Waals surface area contributed by atoms with Crippen LogP contribution in [0.1, 0.15) is 11.4 Å². The number of thioether (sulfide) groups is 1. The lowest BCUT2D eigenvalue weighted by Gasteiger charge is -2.11. The third-order valence-electron chi connectivity index (χ3n) is 3.48. The molecule has 0 spiro atoms. The van der Waals surface area contributed by atoms with Crippen molar-refractivity contribution in [2.75, 3.05) is 11.1 Å². The van der Waals surface area contributed by atoms with Crippen molar-refractivity contribution in [1.82, 2.24) is 19.7 Å². The Labute approximate surface area is 154 Å². The van der Waals surface area contributed by atoms with E-state index in [0.717, 1.165) is 17.1 Å². The highest BCUT2D eigenvalue weighted by atomic mass is 35.5. The standard InChI is InChI=1S/C17H16ClN5OS/c1-11-5-3-4-6-14(11)23-12(2)21-22-17(23)25-10-16(24)20-15-8-7-13(18)9-19-15/h3-9H,10H2,1-2H3,(H,19,20,24). The average molecular weight is 374 g/mol. The van der Waals surface area contributed by atoms with E-state index < -0.39 is 0 Å². The van der Waals surface area contributed by atoms with Crippen molar-refractivity contribution in [1.29, 1.82) is 0 Å². The molecule has 2 heterocycles. The number of carbonyl (C=O) groups excluding carboxylic acids is 1. The lowest BCUT2D eigenvalue weighted by molar-refractivity contribution is -0.113. The summed E-state index contributed by atoms with van der Waals surface area (Å²) in [5.41, 5.74) is 2.12. The second kappa shape index (κ2) is 7.67. The molecule has 0 unspecified atom stereocenters. The fourth-order valence-corrected chi connectivity index (χ4v) is 3.19. The highest BCUT2D eigenvalue weighted by Crippen LogP contribution is 2.24. The summed E-state index contributed by atoms with van der Waals surface area (Å²) in [5, 5.41) is 12.3. The van der Waals surface area contributed by atoms with Gasteiger partial charge in [0.15, 0.2) is 5.16 Å². The van der Waals surface area contributed by atoms with Gasteiger partial charge in [-0.1, -0.05) is 41.6 Å². The Kier molecular flexibility index (Phi) is 5.35. The van der Waals surface area contributed by atoms with Crippen LogP contribution in [0, 0.1) is 13.8 Å². The molecule has 3 rings (SSSR count). The van der Waals surface area contributed by atoms with E-state index in [9.17, 15) is 4.79 Å². The molecule has 1 amide bonds. The molecule has 25 heavy (non-hydrogen) atoms. The highest BCUT2D eigenvalue weighted by molar-refractivity contribution is 7.99. The van der Waals surface area contributed by atoms with Gasteiger partial charge in [-0.3, -0.25) is 9.36 Å². The van der Waals surface area contributed by atoms with Crippen LogP contribution in [0.3, 0.4) is 0 Å². The number of amides is 1. The van der Waals surface area contributed by atoms with E-state index in [1.54, 1.807) is 12.1 Å². The number of benzene rings is 1. The van der Waals surface area contributed by atoms with Crippen molar-refractivity contribution >= 4 is 35.1 Å². The molecule has 2 aromatic heterocycles. The summed E-state index contributed by atoms with van der Waals surface area (Å²) in [6.07, 6.45) is 1.49. The van der Waals surface area contributed by atoms with Gasteiger partial charge in [-0.15, -0.1) is 10.2 Å². The smallest absolute Gasteiger partial charge is 0.236 e. The first-order chi connectivity index (χ1) is 12.0. The van der Waals surface area contributed by atoms with Crippen LogP contribution in [-0.2, 0) is 4.79 Å². The van der Waals surface area contributed by atoms with Gasteiger partial charge in [0.05, 0.1) is 16.5 Å². The third-order valence-corrected chi connectivity index (χ3v) is 4.63. The van der Waals surface area contributed by atoms with Gasteiger partial charge < -0.3 is 5.32 Å². The topological polar surface area (TPSA) is 72.7 Å². The molecule has 0 aliphatic rings. The second-order valence-electron chi connectivity index (χ2n) is 5.35. The largest absolute Gasteiger partial charge is 0.310 e. The van der Waals surface area contributed by atoms with E-state index in [2.05, 4.69) is 20.5 Å². The summed E-state index contributed by atoms with van der Waals surface area (Å²) in [6, 6.07) is 11.3. The molecule has 0 atom stereocenters. The molecule has 0 aliphatic carbocycles. The molecule has 1 aromatic carbocycles. The predicted octanol–water partition coefficient (Wildman–Crippen LogP) is 3.66. The molecule has 0 saturated heterocycles. The lowest BCUT2D eigenvalue weighted by Crippen LogP contribution is -2.15. The maximum atomic E-state index is 12.1. The van der Waals surface area contributed by atoms with Crippen molar-refractivity contribution in [3.63, 3.8) is 0 Å². The number of hydrogen-bond donors (Lipinski definition) is 1. The van der Waals surface area contributed by atoms with Crippen molar-refractivity contribution in [3.8, 4) is 5.69 Å². The molecule has 6 nitrogen and oxygen atoms in total. The van der Waals surface area contributed by atoms with E-state index in [1.807, 2.05) is 42.7 Å². The number of carbonyl (C=O) groups is 1. The van der Waals surface area contributed by atoms with Gasteiger partial charge in [-0.2, -0.15) is 0 Å². The zero-order chi connectivity index (χ0) is 17.8. The van der Waals surface area contributed by atoms with Crippen molar-refractivity contribution in [2.24, 2.45) is 0 Å². The minimum Gasteiger partial charge on any atom is -0.310 e. The van der Waals surface area contributed by atoms with Gasteiger partial charge >= 0.3 is 0 Å². The number of para-hydroxylation sites is 1. The number of aryl methyl sites for hydroxylation is 2. The van der Waals surface area contributed by atoms with Crippen LogP contribution in [0.2, 0.25) is 5.02 Å². The number of anilines is 1. The first-order valence-electron chi connectivity index (χ1n) is 7.57. The van der Waals surface area contributed by atoms with Gasteiger partial charge in [-0.25, -0.2) is 4.98 Å². The zero-order valence-electron chi connectivity index (χ0n) is 13.7. The fourth-order valence-electron chi connectivity index (χ4n) is 2.29. The minimum absolute atomic E-state index is 0.170. The van der Waals surface area contributed by atoms with Crippen molar-refractivity contribution < 1.29 is 4.79 Å². The normalized spacial score (nSPS) is 10.7. The lowest BCUT2D eigenvalue weighted by atomic mass is 10.2. The van der Waals surface area contributed by atoms with Crippen molar-refractivity contribution in [2.45, 2.75) is 19.0 Å². The molecule has 3 aromatic rings. The summed E-state index contributed by atoms with van der Waals surface area (Å²) >= 11 is 7.11. The molecule has 0 bridgehead atoms. The highest BCUT2D eigenvalue weighted by Gasteiger charge is 2.14. The minimum atomic E-state index is -0.170. The van der Waals surface area contributed by atoms with Crippen LogP contribution in [0.5, 0.6) is 0 Å². The molecule has 0 fully saturated rings. The number of nitrogens with zero attached hydrogens (tertiary/aromatic N) is 4. The average Bonchev–Trinajstić information content (AvgIpc) is 2.96. The second-order valence-corrected chi connectivity index (χ2v) is 6.73. The summed E-state index contributed by atoms with van der Waals surface area (Å²) < 4.78 is 1.95. The third kappa shape index (κ3) is 4.18. The van der Waals surface area contributed by atoms with Crippen LogP contribution >= 0.6 is 23.4 Å². The number of pyridine rings is 1. The predicted molar refractivity (Wildman–Crippen MR) is 99.4 cm³/mol. The summed E-state index contributed by atoms with van der Waals surface area (Å²) in [4.78, 5) is 16.2. The number of nitrogens with one attached hydrogen (secondary N) is 1. The van der Waals surface area contributed by atoms with Crippen LogP contribution < -0.4 is 5.32 Å². The first kappa shape index (κ1) is 17.4. The monoisotopic (exact) mass is 373 g/mol. The Morgan fingerprint density at radius 3 is 2.72 bits per heavy atom. The van der Waals surface area contributed by atoms with Crippen LogP contribution in [0.4, 0.5) is 5.82 Å². The van der Waals surface area contributed by atoms with Gasteiger partial charge in [0.1, 0.15) is 11.6 Å². The van der Waals surface area contributed by atoms with E-state index in [4.69, 9.17) is 11.6 Å². The fraction of sp³-hybridized carbons (Fsp3) is 0.176. The quantitative estimate of drug-likeness (QED) is 0.691. The molecule has 0 saturated carbocycles. The van der Waals surface area contributed by atoms with Crippen LogP contribution in [0.15, 0.2) is 47.8 Å². The Hall–Kier alpha value is -2.38. The van der Waals surface area contributed by atoms with E-state index in [-0.39, 0.29) is 11.7 Å². The number of aromatic nitrogens is 4. The summed E-state index contributed by atoms with van der Waals surface area (Å²) in [5.74, 6) is 1.27. The Balaban J connectivity index is 1.71. The van der Waals surface area contributed by atoms with E-state index in [1.165, 1.54) is 18.0 Å². The Morgan fingerprint density at radius 1 is 1.20 bits per heavy atom. The Morgan fingerprint density at radius 2 is 2.00 bits per heavy atom. The maximum Gasteiger partial charge on any atom is 0.236 e. The number of rotatable bonds is 5. The summed E-state index contributed by atoms with van der Waals surface area (Å²) in [6.45, 7) is 3.92. The Bertz CT molecular complexity index is 894. The van der Waals surface area contributed by atoms with Gasteiger partial charge in [0.2, 0.25) is 5.91 Å². The van der Waals surface area contributed by atoms with E-state index in [0.29, 0.717) is 16.0 Å². The van der Waals surface area contributed by atoms with Crippen LogP contribution in [-0.4, -0.2) is 31.4 Å². The van der Waals surface area contributed by atoms with Crippen LogP contribution in [0.25, 0.3) is 5.69 Å². The van der Waals surface area contributed by atoms with E-state index >= 15 is 0 Å². The molecule has 8 heteroatoms. The van der Waals surface area contributed by atoms with Gasteiger partial charge in [0.25, 0.3) is 0 Å². The molecule has 0 aliphatic heterocycles. The summed E-state index contributed by atoms with van der Waals surface area (Å²) in [7, 11) is 0. The zero-order valence-corrected chi connectivity index (χ0v) is 15.3. The molecule has 128 valence electrons. The molecule has 0 radical (unpaired) electrons. The maximum absolute atomic E-state index is 12.1. The molecular formula is C17H16ClN5OS. The first-order valence-corrected chi connectivity index (χ1v) is 8.93. The molecular weight excluding hydrogens is 358 g/mol. The number of halogens is 1. The molecule has 1 N–H and O–H groups in total. The van der Waals surface area contributed by atoms with Crippen molar-refractivity contribution in [3.05, 3.63) is 59.0 Å². The van der Waals surface area contributed by atoms with Gasteiger partial charge in [-0.05, 0) is 37.6 Å². The van der Waals surface area contributed by atoms with Gasteiger partial charge in [0, 0.05) is 6.20 Å². The SMILES string of the molecule is Cc1ccccc1-n1c(C)nnc1SCC(=O)Nc1ccc(Cl)cn1. The number of hydrogen-bond acceptors (Lipinski definition) is 5.